The molecule has 0 fully saturated rings. The number of rotatable bonds is 8. The minimum absolute atomic E-state index is 3.07. The van der Waals surface area contributed by atoms with Gasteiger partial charge in [0.25, 0.3) is 39.3 Å². The van der Waals surface area contributed by atoms with E-state index in [1.54, 1.807) is 0 Å². The maximum Gasteiger partial charge on any atom is 0.498 e. The molecule has 0 radical (unpaired) electrons. The van der Waals surface area contributed by atoms with Crippen molar-refractivity contribution >= 4 is 45.1 Å². The van der Waals surface area contributed by atoms with Crippen LogP contribution in [0, 0.1) is 0 Å². The van der Waals surface area contributed by atoms with Crippen molar-refractivity contribution in [2.24, 2.45) is 0 Å². The number of carbonyl (C=O) groups is 1. The van der Waals surface area contributed by atoms with Crippen molar-refractivity contribution in [1.82, 2.24) is 0 Å². The summed E-state index contributed by atoms with van der Waals surface area (Å²) in [5.74, 6) is -3.07. The van der Waals surface area contributed by atoms with Crippen LogP contribution < -0.4 is 0 Å². The maximum atomic E-state index is 12.6. The number of hydrogen-bond donors (Lipinski definition) is 0. The van der Waals surface area contributed by atoms with Crippen molar-refractivity contribution in [3.63, 3.8) is 0 Å². The lowest BCUT2D eigenvalue weighted by Crippen LogP contribution is -2.48. The van der Waals surface area contributed by atoms with Gasteiger partial charge in [-0.15, -0.1) is 0 Å². The molecule has 0 saturated carbocycles. The Hall–Kier alpha value is -1.37. The Morgan fingerprint density at radius 1 is 0.441 bits per heavy atom. The van der Waals surface area contributed by atoms with Crippen LogP contribution in [0.5, 0.6) is 0 Å². The summed E-state index contributed by atoms with van der Waals surface area (Å²) in [6, 6.07) is 0. The largest absolute Gasteiger partial charge is 0.498 e. The summed E-state index contributed by atoms with van der Waals surface area (Å²) in [6.45, 7) is 0. The molecule has 0 rings (SSSR count). The van der Waals surface area contributed by atoms with Crippen molar-refractivity contribution in [3.8, 4) is 0 Å². The van der Waals surface area contributed by atoms with Crippen LogP contribution in [0.4, 0.5) is 52.7 Å². The van der Waals surface area contributed by atoms with Crippen LogP contribution in [0.15, 0.2) is 0 Å². The molecule has 34 heavy (non-hydrogen) atoms. The molecule has 204 valence electrons. The van der Waals surface area contributed by atoms with Crippen LogP contribution in [0.1, 0.15) is 12.8 Å². The summed E-state index contributed by atoms with van der Waals surface area (Å²) in [5, 5.41) is 0. The summed E-state index contributed by atoms with van der Waals surface area (Å²) in [4.78, 5) is 11.6. The highest BCUT2D eigenvalue weighted by Gasteiger charge is 2.65. The highest BCUT2D eigenvalue weighted by molar-refractivity contribution is 8.10. The highest BCUT2D eigenvalue weighted by Crippen LogP contribution is 2.40. The third-order valence-electron chi connectivity index (χ3n) is 3.46. The fourth-order valence-corrected chi connectivity index (χ4v) is 8.61. The molecule has 0 atom stereocenters. The zero-order valence-corrected chi connectivity index (χ0v) is 18.2. The van der Waals surface area contributed by atoms with Gasteiger partial charge < -0.3 is 0 Å². The Morgan fingerprint density at radius 3 is 0.706 bits per heavy atom. The lowest BCUT2D eigenvalue weighted by Gasteiger charge is -2.22. The molecule has 0 heterocycles. The van der Waals surface area contributed by atoms with Gasteiger partial charge in [0.05, 0.1) is 0 Å². The number of ketones is 1. The molecule has 0 aliphatic carbocycles. The van der Waals surface area contributed by atoms with Gasteiger partial charge in [-0.1, -0.05) is 0 Å². The normalized spacial score (nSPS) is 15.7. The predicted octanol–water partition coefficient (Wildman–Crippen LogP) is 1.73. The summed E-state index contributed by atoms with van der Waals surface area (Å²) in [5.41, 5.74) is -27.6. The van der Waals surface area contributed by atoms with Crippen molar-refractivity contribution in [2.45, 2.75) is 44.0 Å². The van der Waals surface area contributed by atoms with E-state index in [9.17, 15) is 91.2 Å². The van der Waals surface area contributed by atoms with Gasteiger partial charge in [0.2, 0.25) is 0 Å². The molecule has 0 aromatic rings. The molecule has 0 N–H and O–H groups in total. The molecule has 0 aromatic heterocycles. The number of hydrogen-bond acceptors (Lipinski definition) is 9. The second-order valence-corrected chi connectivity index (χ2v) is 14.9. The Labute approximate surface area is 180 Å². The van der Waals surface area contributed by atoms with E-state index < -0.39 is 89.2 Å². The van der Waals surface area contributed by atoms with Gasteiger partial charge in [-0.05, 0) is 0 Å². The van der Waals surface area contributed by atoms with E-state index in [1.165, 1.54) is 0 Å². The zero-order chi connectivity index (χ0) is 28.1. The van der Waals surface area contributed by atoms with Crippen LogP contribution in [-0.2, 0) is 44.1 Å². The van der Waals surface area contributed by atoms with Crippen LogP contribution >= 0.6 is 0 Å². The summed E-state index contributed by atoms with van der Waals surface area (Å²) >= 11 is 0. The van der Waals surface area contributed by atoms with Crippen LogP contribution in [0.3, 0.4) is 0 Å². The van der Waals surface area contributed by atoms with Gasteiger partial charge in [-0.25, -0.2) is 33.7 Å². The Balaban J connectivity index is 6.86. The van der Waals surface area contributed by atoms with Gasteiger partial charge in [-0.3, -0.25) is 4.79 Å². The molecule has 0 amide bonds. The van der Waals surface area contributed by atoms with Gasteiger partial charge >= 0.3 is 22.0 Å². The molecule has 0 aromatic carbocycles. The Kier molecular flexibility index (Phi) is 8.57. The first-order valence-corrected chi connectivity index (χ1v) is 13.3. The third-order valence-corrected chi connectivity index (χ3v) is 12.5. The molecule has 0 saturated heterocycles. The first kappa shape index (κ1) is 32.6. The second-order valence-electron chi connectivity index (χ2n) is 5.77. The van der Waals surface area contributed by atoms with Crippen molar-refractivity contribution < 1.29 is 91.2 Å². The first-order chi connectivity index (χ1) is 14.4. The van der Waals surface area contributed by atoms with Gasteiger partial charge in [0, 0.05) is 12.8 Å². The summed E-state index contributed by atoms with van der Waals surface area (Å²) in [6.07, 6.45) is -6.44. The predicted molar refractivity (Wildman–Crippen MR) is 81.7 cm³/mol. The summed E-state index contributed by atoms with van der Waals surface area (Å²) < 4.78 is 231. The SMILES string of the molecule is O=C(CC(S(=O)(=O)C(F)(F)F)S(=O)(=O)C(F)(F)F)CC(S(=O)(=O)C(F)(F)F)S(=O)(=O)C(F)(F)F. The maximum absolute atomic E-state index is 12.6. The molecule has 0 spiro atoms. The number of carbonyl (C=O) groups excluding carboxylic acids is 1. The number of halogens is 12. The van der Waals surface area contributed by atoms with E-state index in [2.05, 4.69) is 0 Å². The smallest absolute Gasteiger partial charge is 0.300 e. The van der Waals surface area contributed by atoms with Crippen LogP contribution in [-0.4, -0.2) is 70.7 Å². The number of alkyl halides is 12. The Bertz CT molecular complexity index is 1030. The fraction of sp³-hybridized carbons (Fsp3) is 0.889. The van der Waals surface area contributed by atoms with Crippen molar-refractivity contribution in [1.29, 1.82) is 0 Å². The average Bonchev–Trinajstić information content (AvgIpc) is 2.52. The van der Waals surface area contributed by atoms with Gasteiger partial charge in [0.15, 0.2) is 9.16 Å². The first-order valence-electron chi connectivity index (χ1n) is 7.09. The molecular weight excluding hydrogens is 608 g/mol. The van der Waals surface area contributed by atoms with E-state index in [1.807, 2.05) is 0 Å². The Morgan fingerprint density at radius 2 is 0.588 bits per heavy atom. The van der Waals surface area contributed by atoms with Gasteiger partial charge in [-0.2, -0.15) is 52.7 Å². The number of sulfone groups is 4. The quantitative estimate of drug-likeness (QED) is 0.372. The highest BCUT2D eigenvalue weighted by atomic mass is 32.3. The van der Waals surface area contributed by atoms with E-state index in [0.717, 1.165) is 0 Å². The standard InChI is InChI=1S/C9H6F12O9S4/c10-6(11,12)31(23,24)4(32(25,26)7(13,14)15)1-3(22)2-5(33(27,28)8(16,17)18)34(29,30)9(19,20)21/h4-5H,1-2H2. The van der Waals surface area contributed by atoms with E-state index in [-0.39, 0.29) is 0 Å². The van der Waals surface area contributed by atoms with Crippen LogP contribution in [0.25, 0.3) is 0 Å². The summed E-state index contributed by atoms with van der Waals surface area (Å²) in [7, 11) is -30.4. The molecule has 0 bridgehead atoms. The molecule has 9 nitrogen and oxygen atoms in total. The number of Topliss-reactive ketones (excluding diaryl/α,β-unsaturated/α-hetero) is 1. The molecular formula is C9H6F12O9S4. The molecule has 25 heteroatoms. The molecule has 0 aliphatic heterocycles. The van der Waals surface area contributed by atoms with Gasteiger partial charge in [0.1, 0.15) is 5.78 Å². The van der Waals surface area contributed by atoms with E-state index in [0.29, 0.717) is 0 Å². The molecule has 0 aliphatic rings. The fourth-order valence-electron chi connectivity index (χ4n) is 1.82. The third kappa shape index (κ3) is 6.06. The monoisotopic (exact) mass is 614 g/mol. The van der Waals surface area contributed by atoms with E-state index >= 15 is 0 Å². The topological polar surface area (TPSA) is 154 Å². The van der Waals surface area contributed by atoms with Crippen molar-refractivity contribution in [2.75, 3.05) is 0 Å². The van der Waals surface area contributed by atoms with Crippen LogP contribution in [0.2, 0.25) is 0 Å². The van der Waals surface area contributed by atoms with E-state index in [4.69, 9.17) is 0 Å². The second kappa shape index (κ2) is 8.94. The lowest BCUT2D eigenvalue weighted by molar-refractivity contribution is -0.118. The zero-order valence-electron chi connectivity index (χ0n) is 14.9. The average molecular weight is 614 g/mol. The minimum Gasteiger partial charge on any atom is -0.300 e. The van der Waals surface area contributed by atoms with Crippen molar-refractivity contribution in [3.05, 3.63) is 0 Å². The molecule has 0 unspecified atom stereocenters. The minimum atomic E-state index is -7.61. The lowest BCUT2D eigenvalue weighted by atomic mass is 10.2.